The highest BCUT2D eigenvalue weighted by Gasteiger charge is 2.28. The Morgan fingerprint density at radius 1 is 1.33 bits per heavy atom. The van der Waals surface area contributed by atoms with Crippen LogP contribution in [0.5, 0.6) is 0 Å². The van der Waals surface area contributed by atoms with Crippen molar-refractivity contribution in [2.24, 2.45) is 0 Å². The van der Waals surface area contributed by atoms with Gasteiger partial charge in [0.05, 0.1) is 5.56 Å². The summed E-state index contributed by atoms with van der Waals surface area (Å²) in [5.41, 5.74) is -0.300. The molecule has 0 fully saturated rings. The highest BCUT2D eigenvalue weighted by atomic mass is 19.1. The first-order valence-corrected chi connectivity index (χ1v) is 3.71. The summed E-state index contributed by atoms with van der Waals surface area (Å²) in [7, 11) is 0. The van der Waals surface area contributed by atoms with Crippen LogP contribution in [0.3, 0.4) is 0 Å². The molecular formula is C10H10FN. The average molecular weight is 163 g/mol. The largest absolute Gasteiger partial charge is 0.306 e. The lowest BCUT2D eigenvalue weighted by Gasteiger charge is -2.11. The third kappa shape index (κ3) is 1.45. The van der Waals surface area contributed by atoms with Crippen molar-refractivity contribution in [1.29, 1.82) is 0 Å². The van der Waals surface area contributed by atoms with Crippen molar-refractivity contribution in [3.8, 4) is 0 Å². The van der Waals surface area contributed by atoms with Crippen LogP contribution in [0.1, 0.15) is 19.4 Å². The van der Waals surface area contributed by atoms with Crippen molar-refractivity contribution < 1.29 is 4.39 Å². The number of hydrogen-bond donors (Lipinski definition) is 0. The minimum atomic E-state index is -0.759. The second-order valence-electron chi connectivity index (χ2n) is 3.15. The Hall–Kier alpha value is -1.36. The number of hydrogen-bond acceptors (Lipinski definition) is 0. The van der Waals surface area contributed by atoms with Crippen LogP contribution in [0.4, 0.5) is 4.39 Å². The molecule has 0 aliphatic rings. The first-order valence-electron chi connectivity index (χ1n) is 3.71. The summed E-state index contributed by atoms with van der Waals surface area (Å²) in [6.07, 6.45) is 0. The molecule has 0 saturated carbocycles. The molecule has 0 aromatic heterocycles. The Morgan fingerprint density at radius 2 is 1.92 bits per heavy atom. The van der Waals surface area contributed by atoms with Crippen molar-refractivity contribution in [3.05, 3.63) is 47.1 Å². The lowest BCUT2D eigenvalue weighted by molar-refractivity contribution is 0.556. The monoisotopic (exact) mass is 163 g/mol. The standard InChI is InChI=1S/C10H10FN/c1-10(2,12-3)8-6-4-5-7-9(8)11/h4-7H,1-2H3. The predicted molar refractivity (Wildman–Crippen MR) is 46.0 cm³/mol. The zero-order valence-corrected chi connectivity index (χ0v) is 7.13. The zero-order chi connectivity index (χ0) is 9.19. The lowest BCUT2D eigenvalue weighted by atomic mass is 9.95. The van der Waals surface area contributed by atoms with Crippen LogP contribution < -0.4 is 0 Å². The SMILES string of the molecule is [C-]#[N+]C(C)(C)c1ccccc1F. The molecule has 0 atom stereocenters. The van der Waals surface area contributed by atoms with E-state index in [1.807, 2.05) is 0 Å². The molecule has 0 aliphatic carbocycles. The summed E-state index contributed by atoms with van der Waals surface area (Å²) in [6, 6.07) is 6.39. The minimum absolute atomic E-state index is 0.307. The van der Waals surface area contributed by atoms with Crippen LogP contribution in [-0.4, -0.2) is 0 Å². The number of rotatable bonds is 1. The molecule has 62 valence electrons. The first kappa shape index (κ1) is 8.73. The molecule has 0 N–H and O–H groups in total. The summed E-state index contributed by atoms with van der Waals surface area (Å²) >= 11 is 0. The van der Waals surface area contributed by atoms with Crippen molar-refractivity contribution in [3.63, 3.8) is 0 Å². The van der Waals surface area contributed by atoms with Gasteiger partial charge in [-0.15, -0.1) is 0 Å². The second-order valence-corrected chi connectivity index (χ2v) is 3.15. The summed E-state index contributed by atoms with van der Waals surface area (Å²) in [6.45, 7) is 10.3. The molecule has 0 saturated heterocycles. The number of halogens is 1. The van der Waals surface area contributed by atoms with Gasteiger partial charge in [0.15, 0.2) is 0 Å². The highest BCUT2D eigenvalue weighted by molar-refractivity contribution is 5.27. The van der Waals surface area contributed by atoms with E-state index in [1.165, 1.54) is 6.07 Å². The highest BCUT2D eigenvalue weighted by Crippen LogP contribution is 2.26. The summed E-state index contributed by atoms with van der Waals surface area (Å²) < 4.78 is 13.1. The van der Waals surface area contributed by atoms with Crippen LogP contribution in [0.25, 0.3) is 4.85 Å². The Bertz CT molecular complexity index is 323. The van der Waals surface area contributed by atoms with Crippen LogP contribution in [0.15, 0.2) is 24.3 Å². The molecule has 1 aromatic rings. The number of nitrogens with zero attached hydrogens (tertiary/aromatic N) is 1. The molecular weight excluding hydrogens is 153 g/mol. The van der Waals surface area contributed by atoms with Crippen molar-refractivity contribution in [2.75, 3.05) is 0 Å². The molecule has 0 bridgehead atoms. The van der Waals surface area contributed by atoms with E-state index in [9.17, 15) is 4.39 Å². The van der Waals surface area contributed by atoms with E-state index < -0.39 is 5.54 Å². The van der Waals surface area contributed by atoms with E-state index in [1.54, 1.807) is 32.0 Å². The Labute approximate surface area is 71.7 Å². The van der Waals surface area contributed by atoms with Crippen molar-refractivity contribution in [1.82, 2.24) is 0 Å². The normalized spacial score (nSPS) is 10.8. The Morgan fingerprint density at radius 3 is 2.42 bits per heavy atom. The minimum Gasteiger partial charge on any atom is -0.306 e. The number of benzene rings is 1. The molecule has 0 amide bonds. The predicted octanol–water partition coefficient (Wildman–Crippen LogP) is 2.98. The summed E-state index contributed by atoms with van der Waals surface area (Å²) in [5.74, 6) is -0.307. The summed E-state index contributed by atoms with van der Waals surface area (Å²) in [4.78, 5) is 3.36. The van der Waals surface area contributed by atoms with E-state index in [2.05, 4.69) is 4.85 Å². The van der Waals surface area contributed by atoms with Crippen molar-refractivity contribution in [2.45, 2.75) is 19.4 Å². The molecule has 1 rings (SSSR count). The molecule has 0 radical (unpaired) electrons. The fourth-order valence-electron chi connectivity index (χ4n) is 1.02. The molecule has 12 heavy (non-hydrogen) atoms. The third-order valence-electron chi connectivity index (χ3n) is 1.81. The van der Waals surface area contributed by atoms with Gasteiger partial charge in [0.2, 0.25) is 0 Å². The van der Waals surface area contributed by atoms with E-state index in [0.29, 0.717) is 5.56 Å². The lowest BCUT2D eigenvalue weighted by Crippen LogP contribution is -2.12. The fourth-order valence-corrected chi connectivity index (χ4v) is 1.02. The topological polar surface area (TPSA) is 4.36 Å². The quantitative estimate of drug-likeness (QED) is 0.560. The Balaban J connectivity index is 3.22. The third-order valence-corrected chi connectivity index (χ3v) is 1.81. The van der Waals surface area contributed by atoms with Gasteiger partial charge in [-0.2, -0.15) is 0 Å². The molecule has 0 aliphatic heterocycles. The zero-order valence-electron chi connectivity index (χ0n) is 7.13. The van der Waals surface area contributed by atoms with E-state index >= 15 is 0 Å². The van der Waals surface area contributed by atoms with Gasteiger partial charge < -0.3 is 4.85 Å². The maximum absolute atomic E-state index is 13.1. The molecule has 1 nitrogen and oxygen atoms in total. The Kier molecular flexibility index (Phi) is 2.14. The van der Waals surface area contributed by atoms with Crippen LogP contribution in [0, 0.1) is 12.4 Å². The maximum atomic E-state index is 13.1. The van der Waals surface area contributed by atoms with Gasteiger partial charge in [-0.25, -0.2) is 11.0 Å². The van der Waals surface area contributed by atoms with Gasteiger partial charge >= 0.3 is 0 Å². The molecule has 1 aromatic carbocycles. The summed E-state index contributed by atoms with van der Waals surface area (Å²) in [5, 5.41) is 0. The van der Waals surface area contributed by atoms with Gasteiger partial charge in [0.25, 0.3) is 5.54 Å². The van der Waals surface area contributed by atoms with Crippen LogP contribution in [-0.2, 0) is 5.54 Å². The second kappa shape index (κ2) is 2.94. The van der Waals surface area contributed by atoms with E-state index in [4.69, 9.17) is 6.57 Å². The molecule has 0 heterocycles. The molecule has 0 spiro atoms. The smallest absolute Gasteiger partial charge is 0.254 e. The van der Waals surface area contributed by atoms with E-state index in [0.717, 1.165) is 0 Å². The van der Waals surface area contributed by atoms with Gasteiger partial charge in [-0.3, -0.25) is 0 Å². The van der Waals surface area contributed by atoms with E-state index in [-0.39, 0.29) is 5.82 Å². The van der Waals surface area contributed by atoms with Crippen molar-refractivity contribution >= 4 is 0 Å². The molecule has 2 heteroatoms. The average Bonchev–Trinajstić information content (AvgIpc) is 2.05. The van der Waals surface area contributed by atoms with Gasteiger partial charge in [0, 0.05) is 13.8 Å². The maximum Gasteiger partial charge on any atom is 0.254 e. The molecule has 0 unspecified atom stereocenters. The van der Waals surface area contributed by atoms with Gasteiger partial charge in [-0.05, 0) is 12.1 Å². The van der Waals surface area contributed by atoms with Gasteiger partial charge in [-0.1, -0.05) is 12.1 Å². The fraction of sp³-hybridized carbons (Fsp3) is 0.300. The first-order chi connectivity index (χ1) is 5.58. The van der Waals surface area contributed by atoms with Gasteiger partial charge in [0.1, 0.15) is 5.82 Å². The van der Waals surface area contributed by atoms with Crippen LogP contribution >= 0.6 is 0 Å². The van der Waals surface area contributed by atoms with Crippen LogP contribution in [0.2, 0.25) is 0 Å².